The Balaban J connectivity index is 2.44. The van der Waals surface area contributed by atoms with Gasteiger partial charge in [0.05, 0.1) is 12.5 Å². The number of benzene rings is 1. The van der Waals surface area contributed by atoms with Crippen molar-refractivity contribution in [1.82, 2.24) is 14.7 Å². The Morgan fingerprint density at radius 3 is 2.75 bits per heavy atom. The van der Waals surface area contributed by atoms with Gasteiger partial charge >= 0.3 is 0 Å². The van der Waals surface area contributed by atoms with Crippen LogP contribution in [0.25, 0.3) is 10.8 Å². The second kappa shape index (κ2) is 5.92. The van der Waals surface area contributed by atoms with Crippen LogP contribution >= 0.6 is 0 Å². The summed E-state index contributed by atoms with van der Waals surface area (Å²) in [6.45, 7) is 1.65. The molecule has 0 radical (unpaired) electrons. The van der Waals surface area contributed by atoms with E-state index in [1.807, 2.05) is 26.2 Å². The summed E-state index contributed by atoms with van der Waals surface area (Å²) >= 11 is 0. The third kappa shape index (κ3) is 2.91. The molecule has 0 aliphatic rings. The van der Waals surface area contributed by atoms with Crippen molar-refractivity contribution in [3.05, 3.63) is 28.6 Å². The minimum atomic E-state index is -0.128. The molecular weight excluding hydrogens is 256 g/mol. The molecule has 2 aromatic rings. The van der Waals surface area contributed by atoms with Crippen LogP contribution in [0.2, 0.25) is 0 Å². The molecule has 0 unspecified atom stereocenters. The first-order valence-electron chi connectivity index (χ1n) is 6.46. The monoisotopic (exact) mass is 276 g/mol. The maximum Gasteiger partial charge on any atom is 0.274 e. The lowest BCUT2D eigenvalue weighted by atomic mass is 10.1. The second-order valence-corrected chi connectivity index (χ2v) is 4.92. The minimum absolute atomic E-state index is 0.128. The molecule has 0 aliphatic heterocycles. The van der Waals surface area contributed by atoms with Crippen LogP contribution in [0, 0.1) is 0 Å². The molecule has 108 valence electrons. The number of anilines is 1. The predicted molar refractivity (Wildman–Crippen MR) is 80.6 cm³/mol. The van der Waals surface area contributed by atoms with Gasteiger partial charge in [0.15, 0.2) is 5.82 Å². The molecular formula is C14H20N4O2. The Hall–Kier alpha value is -2.08. The summed E-state index contributed by atoms with van der Waals surface area (Å²) in [7, 11) is 7.26. The van der Waals surface area contributed by atoms with E-state index >= 15 is 0 Å². The van der Waals surface area contributed by atoms with Gasteiger partial charge in [0.1, 0.15) is 5.75 Å². The normalized spacial score (nSPS) is 11.1. The molecule has 2 rings (SSSR count). The lowest BCUT2D eigenvalue weighted by Crippen LogP contribution is -2.24. The molecule has 0 amide bonds. The Bertz CT molecular complexity index is 664. The molecule has 0 aliphatic carbocycles. The van der Waals surface area contributed by atoms with E-state index in [1.54, 1.807) is 20.2 Å². The summed E-state index contributed by atoms with van der Waals surface area (Å²) in [5, 5.41) is 8.98. The first-order chi connectivity index (χ1) is 9.52. The molecule has 1 heterocycles. The molecule has 0 bridgehead atoms. The van der Waals surface area contributed by atoms with Crippen molar-refractivity contribution in [2.45, 2.75) is 0 Å². The molecule has 1 aromatic heterocycles. The van der Waals surface area contributed by atoms with E-state index in [1.165, 1.54) is 4.68 Å². The van der Waals surface area contributed by atoms with Gasteiger partial charge in [-0.05, 0) is 32.3 Å². The van der Waals surface area contributed by atoms with Crippen LogP contribution in [0.5, 0.6) is 5.75 Å². The number of aryl methyl sites for hydroxylation is 1. The van der Waals surface area contributed by atoms with E-state index in [0.717, 1.165) is 18.5 Å². The lowest BCUT2D eigenvalue weighted by molar-refractivity contribution is 0.415. The van der Waals surface area contributed by atoms with Crippen molar-refractivity contribution < 1.29 is 4.74 Å². The standard InChI is InChI=1S/C14H20N4O2/c1-17(2)8-7-15-13-11-6-5-10(20-4)9-12(11)14(19)18(3)16-13/h5-6,9H,7-8H2,1-4H3,(H,15,16). The quantitative estimate of drug-likeness (QED) is 0.880. The van der Waals surface area contributed by atoms with Gasteiger partial charge in [-0.3, -0.25) is 4.79 Å². The van der Waals surface area contributed by atoms with E-state index in [4.69, 9.17) is 4.74 Å². The summed E-state index contributed by atoms with van der Waals surface area (Å²) in [6.07, 6.45) is 0. The van der Waals surface area contributed by atoms with Gasteiger partial charge in [0.25, 0.3) is 5.56 Å². The number of aromatic nitrogens is 2. The third-order valence-electron chi connectivity index (χ3n) is 3.11. The molecule has 0 fully saturated rings. The van der Waals surface area contributed by atoms with E-state index in [2.05, 4.69) is 15.3 Å². The fraction of sp³-hybridized carbons (Fsp3) is 0.429. The average molecular weight is 276 g/mol. The molecule has 1 aromatic carbocycles. The fourth-order valence-corrected chi connectivity index (χ4v) is 1.99. The number of rotatable bonds is 5. The fourth-order valence-electron chi connectivity index (χ4n) is 1.99. The van der Waals surface area contributed by atoms with Gasteiger partial charge in [0, 0.05) is 25.5 Å². The van der Waals surface area contributed by atoms with E-state index < -0.39 is 0 Å². The lowest BCUT2D eigenvalue weighted by Gasteiger charge is -2.13. The number of likely N-dealkylation sites (N-methyl/N-ethyl adjacent to an activating group) is 1. The Morgan fingerprint density at radius 2 is 2.10 bits per heavy atom. The Kier molecular flexibility index (Phi) is 4.24. The number of fused-ring (bicyclic) bond motifs is 1. The van der Waals surface area contributed by atoms with E-state index in [-0.39, 0.29) is 5.56 Å². The van der Waals surface area contributed by atoms with Gasteiger partial charge in [-0.25, -0.2) is 4.68 Å². The molecule has 0 saturated heterocycles. The van der Waals surface area contributed by atoms with Gasteiger partial charge in [0.2, 0.25) is 0 Å². The SMILES string of the molecule is COc1ccc2c(NCCN(C)C)nn(C)c(=O)c2c1. The summed E-state index contributed by atoms with van der Waals surface area (Å²) < 4.78 is 6.52. The van der Waals surface area contributed by atoms with Gasteiger partial charge in [-0.2, -0.15) is 5.10 Å². The van der Waals surface area contributed by atoms with Crippen molar-refractivity contribution in [3.8, 4) is 5.75 Å². The molecule has 0 saturated carbocycles. The highest BCUT2D eigenvalue weighted by atomic mass is 16.5. The number of hydrogen-bond acceptors (Lipinski definition) is 5. The highest BCUT2D eigenvalue weighted by molar-refractivity contribution is 5.91. The first-order valence-corrected chi connectivity index (χ1v) is 6.46. The molecule has 0 atom stereocenters. The first kappa shape index (κ1) is 14.3. The average Bonchev–Trinajstić information content (AvgIpc) is 2.43. The summed E-state index contributed by atoms with van der Waals surface area (Å²) in [6, 6.07) is 5.44. The van der Waals surface area contributed by atoms with Crippen molar-refractivity contribution in [2.24, 2.45) is 7.05 Å². The van der Waals surface area contributed by atoms with Crippen LogP contribution in [0.1, 0.15) is 0 Å². The van der Waals surface area contributed by atoms with Crippen LogP contribution in [-0.2, 0) is 7.05 Å². The molecule has 6 nitrogen and oxygen atoms in total. The molecule has 0 spiro atoms. The highest BCUT2D eigenvalue weighted by Crippen LogP contribution is 2.22. The zero-order valence-electron chi connectivity index (χ0n) is 12.3. The number of nitrogens with one attached hydrogen (secondary N) is 1. The summed E-state index contributed by atoms with van der Waals surface area (Å²) in [5.41, 5.74) is -0.128. The second-order valence-electron chi connectivity index (χ2n) is 4.92. The van der Waals surface area contributed by atoms with Gasteiger partial charge < -0.3 is 15.0 Å². The topological polar surface area (TPSA) is 59.4 Å². The number of methoxy groups -OCH3 is 1. The predicted octanol–water partition coefficient (Wildman–Crippen LogP) is 0.916. The highest BCUT2D eigenvalue weighted by Gasteiger charge is 2.09. The number of ether oxygens (including phenoxy) is 1. The Labute approximate surface area is 118 Å². The van der Waals surface area contributed by atoms with Crippen LogP contribution in [0.3, 0.4) is 0 Å². The zero-order chi connectivity index (χ0) is 14.7. The van der Waals surface area contributed by atoms with Crippen LogP contribution in [0.15, 0.2) is 23.0 Å². The van der Waals surface area contributed by atoms with Crippen molar-refractivity contribution in [1.29, 1.82) is 0 Å². The molecule has 1 N–H and O–H groups in total. The van der Waals surface area contributed by atoms with Crippen LogP contribution < -0.4 is 15.6 Å². The van der Waals surface area contributed by atoms with Crippen molar-refractivity contribution in [2.75, 3.05) is 39.6 Å². The molecule has 20 heavy (non-hydrogen) atoms. The maximum absolute atomic E-state index is 12.1. The smallest absolute Gasteiger partial charge is 0.274 e. The largest absolute Gasteiger partial charge is 0.497 e. The van der Waals surface area contributed by atoms with Crippen molar-refractivity contribution >= 4 is 16.6 Å². The number of nitrogens with zero attached hydrogens (tertiary/aromatic N) is 3. The zero-order valence-corrected chi connectivity index (χ0v) is 12.3. The van der Waals surface area contributed by atoms with Crippen LogP contribution in [0.4, 0.5) is 5.82 Å². The molecule has 6 heteroatoms. The third-order valence-corrected chi connectivity index (χ3v) is 3.11. The van der Waals surface area contributed by atoms with Gasteiger partial charge in [-0.15, -0.1) is 0 Å². The minimum Gasteiger partial charge on any atom is -0.497 e. The van der Waals surface area contributed by atoms with Gasteiger partial charge in [-0.1, -0.05) is 0 Å². The maximum atomic E-state index is 12.1. The number of hydrogen-bond donors (Lipinski definition) is 1. The van der Waals surface area contributed by atoms with E-state index in [9.17, 15) is 4.79 Å². The van der Waals surface area contributed by atoms with Crippen molar-refractivity contribution in [3.63, 3.8) is 0 Å². The van der Waals surface area contributed by atoms with Crippen LogP contribution in [-0.4, -0.2) is 49.0 Å². The Morgan fingerprint density at radius 1 is 1.35 bits per heavy atom. The summed E-state index contributed by atoms with van der Waals surface area (Å²) in [4.78, 5) is 14.2. The summed E-state index contributed by atoms with van der Waals surface area (Å²) in [5.74, 6) is 1.38. The van der Waals surface area contributed by atoms with E-state index in [0.29, 0.717) is 17.0 Å².